The first-order chi connectivity index (χ1) is 15.0. The summed E-state index contributed by atoms with van der Waals surface area (Å²) in [6.45, 7) is 2.32. The summed E-state index contributed by atoms with van der Waals surface area (Å²) in [5.41, 5.74) is 8.39. The number of para-hydroxylation sites is 2. The van der Waals surface area contributed by atoms with E-state index in [1.807, 2.05) is 6.08 Å². The molecule has 158 valence electrons. The molecule has 8 heteroatoms. The smallest absolute Gasteiger partial charge is 0.337 e. The van der Waals surface area contributed by atoms with Gasteiger partial charge in [-0.25, -0.2) is 9.36 Å². The van der Waals surface area contributed by atoms with Gasteiger partial charge in [-0.3, -0.25) is 14.2 Å². The van der Waals surface area contributed by atoms with Gasteiger partial charge in [0.25, 0.3) is 5.91 Å². The Morgan fingerprint density at radius 3 is 2.58 bits per heavy atom. The second kappa shape index (κ2) is 8.35. The number of benzene rings is 2. The minimum Gasteiger partial charge on any atom is -0.397 e. The summed E-state index contributed by atoms with van der Waals surface area (Å²) in [6.07, 6.45) is 4.54. The number of carbonyl (C=O) groups is 2. The van der Waals surface area contributed by atoms with E-state index in [4.69, 9.17) is 5.73 Å². The van der Waals surface area contributed by atoms with Crippen LogP contribution in [0.3, 0.4) is 0 Å². The summed E-state index contributed by atoms with van der Waals surface area (Å²) >= 11 is 0. The molecule has 1 aliphatic heterocycles. The van der Waals surface area contributed by atoms with Crippen LogP contribution in [-0.4, -0.2) is 27.5 Å². The molecule has 0 atom stereocenters. The average Bonchev–Trinajstić information content (AvgIpc) is 2.89. The van der Waals surface area contributed by atoms with E-state index in [9.17, 15) is 14.4 Å². The van der Waals surface area contributed by atoms with Crippen molar-refractivity contribution in [3.05, 3.63) is 81.9 Å². The van der Waals surface area contributed by atoms with E-state index in [0.29, 0.717) is 35.0 Å². The number of carbonyl (C=O) groups excluding carboxylic acids is 2. The molecule has 0 radical (unpaired) electrons. The molecular weight excluding hydrogens is 394 g/mol. The summed E-state index contributed by atoms with van der Waals surface area (Å²) < 4.78 is 2.72. The fourth-order valence-corrected chi connectivity index (χ4v) is 3.57. The topological polar surface area (TPSA) is 111 Å². The van der Waals surface area contributed by atoms with E-state index in [1.165, 1.54) is 11.5 Å². The molecule has 0 saturated carbocycles. The van der Waals surface area contributed by atoms with Crippen LogP contribution in [0, 0.1) is 0 Å². The lowest BCUT2D eigenvalue weighted by molar-refractivity contribution is 0.0930. The Balaban J connectivity index is 1.58. The minimum atomic E-state index is -0.391. The zero-order chi connectivity index (χ0) is 22.0. The van der Waals surface area contributed by atoms with Gasteiger partial charge in [0, 0.05) is 19.0 Å². The number of nitrogens with one attached hydrogen (secondary N) is 2. The van der Waals surface area contributed by atoms with Gasteiger partial charge in [-0.2, -0.15) is 0 Å². The zero-order valence-electron chi connectivity index (χ0n) is 17.1. The normalized spacial score (nSPS) is 12.5. The van der Waals surface area contributed by atoms with Crippen LogP contribution in [-0.2, 0) is 6.54 Å². The number of nitrogens with two attached hydrogens (primary N) is 1. The van der Waals surface area contributed by atoms with E-state index in [0.717, 1.165) is 12.0 Å². The lowest BCUT2D eigenvalue weighted by Crippen LogP contribution is -2.29. The van der Waals surface area contributed by atoms with E-state index in [-0.39, 0.29) is 18.4 Å². The molecule has 0 spiro atoms. The highest BCUT2D eigenvalue weighted by molar-refractivity contribution is 6.05. The second-order valence-corrected chi connectivity index (χ2v) is 7.31. The largest absolute Gasteiger partial charge is 0.397 e. The standard InChI is InChI=1S/C23H23N5O3/c1-15(29)28-20-8-4-5-13-25-21(20)27(23(28)31)14-16-9-11-17(12-10-16)22(30)26-19-7-3-2-6-18(19)24/h2-4,6-12,25H,5,13-14,24H2,1H3,(H,26,30). The first kappa shape index (κ1) is 20.2. The highest BCUT2D eigenvalue weighted by Crippen LogP contribution is 2.22. The summed E-state index contributed by atoms with van der Waals surface area (Å²) in [6, 6.07) is 14.0. The summed E-state index contributed by atoms with van der Waals surface area (Å²) in [5, 5.41) is 6.03. The monoisotopic (exact) mass is 417 g/mol. The predicted octanol–water partition coefficient (Wildman–Crippen LogP) is 3.02. The van der Waals surface area contributed by atoms with Crippen LogP contribution in [0.4, 0.5) is 17.2 Å². The molecule has 1 aromatic heterocycles. The molecule has 1 amide bonds. The molecule has 2 aromatic carbocycles. The van der Waals surface area contributed by atoms with E-state index in [2.05, 4.69) is 10.6 Å². The summed E-state index contributed by atoms with van der Waals surface area (Å²) in [4.78, 5) is 37.4. The molecule has 8 nitrogen and oxygen atoms in total. The van der Waals surface area contributed by atoms with Crippen LogP contribution in [0.15, 0.2) is 59.4 Å². The molecule has 1 aliphatic rings. The van der Waals surface area contributed by atoms with Gasteiger partial charge in [0.05, 0.1) is 23.6 Å². The van der Waals surface area contributed by atoms with Gasteiger partial charge < -0.3 is 16.4 Å². The molecule has 31 heavy (non-hydrogen) atoms. The van der Waals surface area contributed by atoms with Gasteiger partial charge >= 0.3 is 5.69 Å². The minimum absolute atomic E-state index is 0.273. The van der Waals surface area contributed by atoms with Crippen LogP contribution >= 0.6 is 0 Å². The van der Waals surface area contributed by atoms with Crippen molar-refractivity contribution in [2.24, 2.45) is 0 Å². The Hall–Kier alpha value is -4.07. The second-order valence-electron chi connectivity index (χ2n) is 7.31. The van der Waals surface area contributed by atoms with E-state index in [1.54, 1.807) is 59.2 Å². The Bertz CT molecular complexity index is 1240. The summed E-state index contributed by atoms with van der Waals surface area (Å²) in [5.74, 6) is 0.0147. The van der Waals surface area contributed by atoms with Crippen molar-refractivity contribution in [3.8, 4) is 0 Å². The fourth-order valence-electron chi connectivity index (χ4n) is 3.57. The Kier molecular flexibility index (Phi) is 5.44. The number of anilines is 3. The number of rotatable bonds is 4. The Labute approximate surface area is 179 Å². The Morgan fingerprint density at radius 2 is 1.87 bits per heavy atom. The van der Waals surface area contributed by atoms with Crippen molar-refractivity contribution in [1.29, 1.82) is 0 Å². The third-order valence-electron chi connectivity index (χ3n) is 5.14. The molecule has 3 aromatic rings. The van der Waals surface area contributed by atoms with Gasteiger partial charge in [0.1, 0.15) is 5.82 Å². The maximum absolute atomic E-state index is 12.9. The maximum atomic E-state index is 12.9. The van der Waals surface area contributed by atoms with Gasteiger partial charge in [-0.15, -0.1) is 0 Å². The number of imidazole rings is 1. The Morgan fingerprint density at radius 1 is 1.13 bits per heavy atom. The molecule has 2 heterocycles. The van der Waals surface area contributed by atoms with Gasteiger partial charge in [-0.1, -0.05) is 30.3 Å². The van der Waals surface area contributed by atoms with Crippen LogP contribution in [0.2, 0.25) is 0 Å². The highest BCUT2D eigenvalue weighted by Gasteiger charge is 2.21. The number of aromatic nitrogens is 2. The van der Waals surface area contributed by atoms with Crippen LogP contribution < -0.4 is 22.1 Å². The number of hydrogen-bond donors (Lipinski definition) is 3. The molecule has 4 N–H and O–H groups in total. The van der Waals surface area contributed by atoms with Crippen molar-refractivity contribution >= 4 is 35.1 Å². The van der Waals surface area contributed by atoms with Crippen molar-refractivity contribution in [1.82, 2.24) is 9.13 Å². The number of nitrogens with zero attached hydrogens (tertiary/aromatic N) is 2. The predicted molar refractivity (Wildman–Crippen MR) is 121 cm³/mol. The lowest BCUT2D eigenvalue weighted by Gasteiger charge is -2.10. The van der Waals surface area contributed by atoms with Crippen molar-refractivity contribution in [2.45, 2.75) is 19.9 Å². The molecular formula is C23H23N5O3. The number of fused-ring (bicyclic) bond motifs is 1. The lowest BCUT2D eigenvalue weighted by atomic mass is 10.1. The van der Waals surface area contributed by atoms with E-state index < -0.39 is 5.69 Å². The first-order valence-electron chi connectivity index (χ1n) is 9.97. The molecule has 4 rings (SSSR count). The first-order valence-corrected chi connectivity index (χ1v) is 9.97. The molecule has 0 unspecified atom stereocenters. The van der Waals surface area contributed by atoms with Crippen LogP contribution in [0.1, 0.15) is 39.8 Å². The van der Waals surface area contributed by atoms with Gasteiger partial charge in [0.2, 0.25) is 5.91 Å². The number of hydrogen-bond acceptors (Lipinski definition) is 5. The number of amides is 1. The average molecular weight is 417 g/mol. The van der Waals surface area contributed by atoms with E-state index >= 15 is 0 Å². The number of nitrogen functional groups attached to an aromatic ring is 1. The summed E-state index contributed by atoms with van der Waals surface area (Å²) in [7, 11) is 0. The quantitative estimate of drug-likeness (QED) is 0.565. The van der Waals surface area contributed by atoms with Crippen molar-refractivity contribution in [2.75, 3.05) is 22.9 Å². The molecule has 0 bridgehead atoms. The fraction of sp³-hybridized carbons (Fsp3) is 0.174. The van der Waals surface area contributed by atoms with Gasteiger partial charge in [-0.05, 0) is 42.3 Å². The SMILES string of the molecule is CC(=O)n1c2c(n(Cc3ccc(C(=O)Nc4ccccc4N)cc3)c1=O)NCCC=C2. The zero-order valence-corrected chi connectivity index (χ0v) is 17.1. The maximum Gasteiger partial charge on any atom is 0.337 e. The van der Waals surface area contributed by atoms with Crippen LogP contribution in [0.25, 0.3) is 6.08 Å². The molecule has 0 saturated heterocycles. The third-order valence-corrected chi connectivity index (χ3v) is 5.14. The van der Waals surface area contributed by atoms with Gasteiger partial charge in [0.15, 0.2) is 0 Å². The third kappa shape index (κ3) is 4.00. The molecule has 0 fully saturated rings. The van der Waals surface area contributed by atoms with Crippen LogP contribution in [0.5, 0.6) is 0 Å². The highest BCUT2D eigenvalue weighted by atomic mass is 16.2. The van der Waals surface area contributed by atoms with Crippen molar-refractivity contribution in [3.63, 3.8) is 0 Å². The van der Waals surface area contributed by atoms with Crippen molar-refractivity contribution < 1.29 is 9.59 Å². The molecule has 0 aliphatic carbocycles.